The molecule has 2 aliphatic rings. The van der Waals surface area contributed by atoms with Crippen molar-refractivity contribution < 1.29 is 9.47 Å². The minimum absolute atomic E-state index is 0.549. The molecule has 0 unspecified atom stereocenters. The van der Waals surface area contributed by atoms with Crippen LogP contribution in [0.25, 0.3) is 0 Å². The molecule has 4 heteroatoms. The van der Waals surface area contributed by atoms with E-state index in [0.29, 0.717) is 6.04 Å². The number of aryl methyl sites for hydroxylation is 2. The van der Waals surface area contributed by atoms with Crippen molar-refractivity contribution in [1.82, 2.24) is 4.90 Å². The van der Waals surface area contributed by atoms with E-state index < -0.39 is 0 Å². The molecule has 24 heavy (non-hydrogen) atoms. The highest BCUT2D eigenvalue weighted by molar-refractivity contribution is 7.12. The molecule has 1 aromatic carbocycles. The molecule has 1 aromatic heterocycles. The van der Waals surface area contributed by atoms with Crippen LogP contribution in [-0.4, -0.2) is 25.7 Å². The number of hydrogen-bond acceptors (Lipinski definition) is 4. The molecule has 128 valence electrons. The number of hydrogen-bond donors (Lipinski definition) is 0. The maximum Gasteiger partial charge on any atom is 0.165 e. The summed E-state index contributed by atoms with van der Waals surface area (Å²) in [5.74, 6) is 1.76. The van der Waals surface area contributed by atoms with Gasteiger partial charge in [0.1, 0.15) is 0 Å². The lowest BCUT2D eigenvalue weighted by Crippen LogP contribution is -2.33. The van der Waals surface area contributed by atoms with Crippen molar-refractivity contribution in [1.29, 1.82) is 0 Å². The molecule has 2 aliphatic heterocycles. The summed E-state index contributed by atoms with van der Waals surface area (Å²) in [5, 5.41) is 0. The molecule has 0 aliphatic carbocycles. The average Bonchev–Trinajstić information content (AvgIpc) is 2.94. The number of thiophene rings is 1. The third kappa shape index (κ3) is 2.52. The first kappa shape index (κ1) is 16.0. The Balaban J connectivity index is 1.72. The Hall–Kier alpha value is -1.52. The van der Waals surface area contributed by atoms with Gasteiger partial charge in [-0.15, -0.1) is 11.3 Å². The van der Waals surface area contributed by atoms with E-state index in [1.165, 1.54) is 28.8 Å². The molecule has 3 nitrogen and oxygen atoms in total. The molecule has 0 bridgehead atoms. The van der Waals surface area contributed by atoms with Crippen LogP contribution in [0.2, 0.25) is 0 Å². The molecule has 0 radical (unpaired) electrons. The van der Waals surface area contributed by atoms with Gasteiger partial charge in [-0.2, -0.15) is 0 Å². The third-order valence-corrected chi connectivity index (χ3v) is 6.82. The van der Waals surface area contributed by atoms with Crippen LogP contribution < -0.4 is 9.47 Å². The summed E-state index contributed by atoms with van der Waals surface area (Å²) in [5.41, 5.74) is 4.31. The van der Waals surface area contributed by atoms with Crippen molar-refractivity contribution in [2.75, 3.05) is 20.8 Å². The predicted molar refractivity (Wildman–Crippen MR) is 98.4 cm³/mol. The van der Waals surface area contributed by atoms with E-state index in [4.69, 9.17) is 9.47 Å². The van der Waals surface area contributed by atoms with Gasteiger partial charge in [0.05, 0.1) is 14.2 Å². The second-order valence-electron chi connectivity index (χ2n) is 6.66. The summed E-state index contributed by atoms with van der Waals surface area (Å²) < 4.78 is 11.2. The average molecular weight is 343 g/mol. The lowest BCUT2D eigenvalue weighted by atomic mass is 9.95. The van der Waals surface area contributed by atoms with Gasteiger partial charge in [0.2, 0.25) is 0 Å². The fraction of sp³-hybridized carbons (Fsp3) is 0.500. The summed E-state index contributed by atoms with van der Waals surface area (Å²) in [7, 11) is 3.47. The number of fused-ring (bicyclic) bond motifs is 4. The summed E-state index contributed by atoms with van der Waals surface area (Å²) in [6.45, 7) is 4.35. The molecule has 0 saturated carbocycles. The second-order valence-corrected chi connectivity index (χ2v) is 7.88. The van der Waals surface area contributed by atoms with Crippen LogP contribution >= 0.6 is 11.3 Å². The lowest BCUT2D eigenvalue weighted by molar-refractivity contribution is 0.173. The summed E-state index contributed by atoms with van der Waals surface area (Å²) in [6, 6.07) is 7.28. The van der Waals surface area contributed by atoms with E-state index in [1.54, 1.807) is 24.7 Å². The molecule has 0 N–H and O–H groups in total. The number of nitrogens with zero attached hydrogens (tertiary/aromatic N) is 1. The largest absolute Gasteiger partial charge is 0.493 e. The van der Waals surface area contributed by atoms with Crippen molar-refractivity contribution in [3.63, 3.8) is 0 Å². The first-order valence-electron chi connectivity index (χ1n) is 8.83. The van der Waals surface area contributed by atoms with Crippen LogP contribution in [0, 0.1) is 0 Å². The fourth-order valence-electron chi connectivity index (χ4n) is 4.21. The number of ether oxygens (including phenoxy) is 2. The maximum absolute atomic E-state index is 5.71. The number of benzene rings is 1. The Morgan fingerprint density at radius 3 is 2.83 bits per heavy atom. The summed E-state index contributed by atoms with van der Waals surface area (Å²) in [6.07, 6.45) is 4.62. The van der Waals surface area contributed by atoms with E-state index in [9.17, 15) is 0 Å². The fourth-order valence-corrected chi connectivity index (χ4v) is 5.36. The SMILES string of the molecule is CCc1cc2c(s1)CCN1Cc3c(ccc(OC)c3OC)CC[C@@H]21. The van der Waals surface area contributed by atoms with Gasteiger partial charge in [-0.05, 0) is 48.9 Å². The van der Waals surface area contributed by atoms with Gasteiger partial charge in [0.15, 0.2) is 11.5 Å². The Morgan fingerprint density at radius 1 is 1.21 bits per heavy atom. The van der Waals surface area contributed by atoms with Gasteiger partial charge in [-0.1, -0.05) is 13.0 Å². The van der Waals surface area contributed by atoms with Gasteiger partial charge in [-0.25, -0.2) is 0 Å². The van der Waals surface area contributed by atoms with E-state index >= 15 is 0 Å². The van der Waals surface area contributed by atoms with Gasteiger partial charge in [0.25, 0.3) is 0 Å². The van der Waals surface area contributed by atoms with Crippen LogP contribution in [0.1, 0.15) is 45.8 Å². The molecule has 2 aromatic rings. The zero-order valence-electron chi connectivity index (χ0n) is 14.7. The van der Waals surface area contributed by atoms with E-state index in [1.807, 2.05) is 17.4 Å². The molecule has 1 atom stereocenters. The Labute approximate surface area is 148 Å². The Morgan fingerprint density at radius 2 is 2.08 bits per heavy atom. The predicted octanol–water partition coefficient (Wildman–Crippen LogP) is 4.37. The monoisotopic (exact) mass is 343 g/mol. The van der Waals surface area contributed by atoms with Gasteiger partial charge < -0.3 is 9.47 Å². The van der Waals surface area contributed by atoms with E-state index in [0.717, 1.165) is 37.4 Å². The summed E-state index contributed by atoms with van der Waals surface area (Å²) >= 11 is 2.02. The van der Waals surface area contributed by atoms with Crippen molar-refractivity contribution in [2.45, 2.75) is 45.2 Å². The van der Waals surface area contributed by atoms with Crippen molar-refractivity contribution in [3.8, 4) is 11.5 Å². The van der Waals surface area contributed by atoms with E-state index in [2.05, 4.69) is 24.0 Å². The van der Waals surface area contributed by atoms with Crippen LogP contribution in [-0.2, 0) is 25.8 Å². The Kier molecular flexibility index (Phi) is 4.27. The van der Waals surface area contributed by atoms with Gasteiger partial charge >= 0.3 is 0 Å². The molecule has 3 heterocycles. The van der Waals surface area contributed by atoms with Crippen molar-refractivity contribution in [2.24, 2.45) is 0 Å². The van der Waals surface area contributed by atoms with Crippen LogP contribution in [0.5, 0.6) is 11.5 Å². The highest BCUT2D eigenvalue weighted by Crippen LogP contribution is 2.44. The quantitative estimate of drug-likeness (QED) is 0.826. The normalized spacial score (nSPS) is 19.9. The zero-order valence-corrected chi connectivity index (χ0v) is 15.5. The zero-order chi connectivity index (χ0) is 16.7. The molecule has 0 amide bonds. The molecule has 0 fully saturated rings. The summed E-state index contributed by atoms with van der Waals surface area (Å²) in [4.78, 5) is 5.79. The Bertz CT molecular complexity index is 752. The molecular weight excluding hydrogens is 318 g/mol. The third-order valence-electron chi connectivity index (χ3n) is 5.46. The van der Waals surface area contributed by atoms with Crippen molar-refractivity contribution >= 4 is 11.3 Å². The van der Waals surface area contributed by atoms with Gasteiger partial charge in [-0.3, -0.25) is 4.90 Å². The van der Waals surface area contributed by atoms with Crippen LogP contribution in [0.15, 0.2) is 18.2 Å². The second kappa shape index (κ2) is 6.41. The highest BCUT2D eigenvalue weighted by atomic mass is 32.1. The topological polar surface area (TPSA) is 21.7 Å². The van der Waals surface area contributed by atoms with E-state index in [-0.39, 0.29) is 0 Å². The smallest absolute Gasteiger partial charge is 0.165 e. The molecule has 0 spiro atoms. The van der Waals surface area contributed by atoms with Crippen LogP contribution in [0.4, 0.5) is 0 Å². The van der Waals surface area contributed by atoms with Gasteiger partial charge in [0, 0.05) is 34.4 Å². The molecule has 0 saturated heterocycles. The maximum atomic E-state index is 5.71. The molecule has 4 rings (SSSR count). The minimum atomic E-state index is 0.549. The molecular formula is C20H25NO2S. The van der Waals surface area contributed by atoms with Crippen molar-refractivity contribution in [3.05, 3.63) is 44.6 Å². The number of methoxy groups -OCH3 is 2. The first-order chi connectivity index (χ1) is 11.7. The lowest BCUT2D eigenvalue weighted by Gasteiger charge is -2.34. The van der Waals surface area contributed by atoms with Crippen LogP contribution in [0.3, 0.4) is 0 Å². The highest BCUT2D eigenvalue weighted by Gasteiger charge is 2.33. The standard InChI is InChI=1S/C20H25NO2S/c1-4-14-11-15-17-7-5-13-6-8-18(22-2)20(23-3)16(13)12-21(17)10-9-19(15)24-14/h6,8,11,17H,4-5,7,9-10,12H2,1-3H3/t17-/m0/s1. The first-order valence-corrected chi connectivity index (χ1v) is 9.65. The number of rotatable bonds is 3. The minimum Gasteiger partial charge on any atom is -0.493 e.